The van der Waals surface area contributed by atoms with Crippen molar-refractivity contribution in [1.82, 2.24) is 5.32 Å². The number of hydrogen-bond acceptors (Lipinski definition) is 4. The Labute approximate surface area is 110 Å². The number of benzene rings is 1. The van der Waals surface area contributed by atoms with Gasteiger partial charge in [-0.25, -0.2) is 0 Å². The largest absolute Gasteiger partial charge is 0.480 e. The van der Waals surface area contributed by atoms with Gasteiger partial charge in [0.05, 0.1) is 5.02 Å². The first-order valence-corrected chi connectivity index (χ1v) is 5.84. The van der Waals surface area contributed by atoms with Gasteiger partial charge in [0.25, 0.3) is 0 Å². The first-order valence-electron chi connectivity index (χ1n) is 5.46. The van der Waals surface area contributed by atoms with Crippen molar-refractivity contribution in [1.29, 1.82) is 0 Å². The summed E-state index contributed by atoms with van der Waals surface area (Å²) in [5.74, 6) is 0.222. The van der Waals surface area contributed by atoms with Gasteiger partial charge >= 0.3 is 5.97 Å². The van der Waals surface area contributed by atoms with E-state index >= 15 is 0 Å². The van der Waals surface area contributed by atoms with Gasteiger partial charge in [-0.05, 0) is 31.5 Å². The van der Waals surface area contributed by atoms with Crippen LogP contribution in [0.25, 0.3) is 0 Å². The van der Waals surface area contributed by atoms with Gasteiger partial charge in [-0.15, -0.1) is 0 Å². The molecule has 0 radical (unpaired) electrons. The molecule has 1 aromatic carbocycles. The molecule has 0 saturated heterocycles. The average Bonchev–Trinajstić information content (AvgIpc) is 2.75. The lowest BCUT2D eigenvalue weighted by Gasteiger charge is -2.21. The van der Waals surface area contributed by atoms with Crippen molar-refractivity contribution in [3.63, 3.8) is 0 Å². The lowest BCUT2D eigenvalue weighted by atomic mass is 10.1. The van der Waals surface area contributed by atoms with Crippen LogP contribution in [0.5, 0.6) is 11.5 Å². The van der Waals surface area contributed by atoms with Crippen LogP contribution in [0, 0.1) is 0 Å². The monoisotopic (exact) mass is 271 g/mol. The van der Waals surface area contributed by atoms with Crippen molar-refractivity contribution in [2.45, 2.75) is 25.9 Å². The molecule has 0 amide bonds. The number of fused-ring (bicyclic) bond motifs is 1. The summed E-state index contributed by atoms with van der Waals surface area (Å²) in [6.07, 6.45) is 0. The molecule has 0 atom stereocenters. The number of halogens is 1. The fraction of sp³-hybridized carbons (Fsp3) is 0.417. The smallest absolute Gasteiger partial charge is 0.323 e. The zero-order valence-corrected chi connectivity index (χ0v) is 10.9. The third-order valence-corrected chi connectivity index (χ3v) is 3.04. The highest BCUT2D eigenvalue weighted by Crippen LogP contribution is 2.39. The summed E-state index contributed by atoms with van der Waals surface area (Å²) in [7, 11) is 0. The van der Waals surface area contributed by atoms with Crippen LogP contribution in [0.4, 0.5) is 0 Å². The van der Waals surface area contributed by atoms with Crippen molar-refractivity contribution in [2.75, 3.05) is 6.79 Å². The molecular weight excluding hydrogens is 258 g/mol. The Hall–Kier alpha value is -1.46. The number of rotatable bonds is 4. The molecule has 98 valence electrons. The van der Waals surface area contributed by atoms with Crippen LogP contribution in [0.15, 0.2) is 12.1 Å². The summed E-state index contributed by atoms with van der Waals surface area (Å²) in [4.78, 5) is 11.0. The molecule has 5 nitrogen and oxygen atoms in total. The van der Waals surface area contributed by atoms with Gasteiger partial charge in [0.15, 0.2) is 11.5 Å². The number of carboxylic acids is 1. The second-order valence-electron chi connectivity index (χ2n) is 4.60. The Balaban J connectivity index is 2.12. The molecule has 1 aliphatic heterocycles. The van der Waals surface area contributed by atoms with Crippen LogP contribution < -0.4 is 14.8 Å². The molecule has 0 saturated carbocycles. The standard InChI is InChI=1S/C12H14ClNO4/c1-12(2,11(15)16)14-5-7-3-8(13)10-9(4-7)17-6-18-10/h3-4,14H,5-6H2,1-2H3,(H,15,16). The molecule has 0 spiro atoms. The lowest BCUT2D eigenvalue weighted by Crippen LogP contribution is -2.46. The normalized spacial score (nSPS) is 13.7. The number of hydrogen-bond donors (Lipinski definition) is 2. The summed E-state index contributed by atoms with van der Waals surface area (Å²) in [5, 5.41) is 12.4. The van der Waals surface area contributed by atoms with E-state index in [-0.39, 0.29) is 6.79 Å². The van der Waals surface area contributed by atoms with E-state index in [0.29, 0.717) is 23.1 Å². The van der Waals surface area contributed by atoms with Crippen molar-refractivity contribution < 1.29 is 19.4 Å². The minimum absolute atomic E-state index is 0.159. The van der Waals surface area contributed by atoms with Crippen molar-refractivity contribution >= 4 is 17.6 Å². The van der Waals surface area contributed by atoms with Gasteiger partial charge in [0, 0.05) is 6.54 Å². The minimum atomic E-state index is -0.997. The Bertz CT molecular complexity index is 487. The van der Waals surface area contributed by atoms with E-state index in [1.165, 1.54) is 0 Å². The van der Waals surface area contributed by atoms with E-state index in [1.807, 2.05) is 0 Å². The maximum Gasteiger partial charge on any atom is 0.323 e. The first kappa shape index (κ1) is 13.0. The Kier molecular flexibility index (Phi) is 3.36. The highest BCUT2D eigenvalue weighted by atomic mass is 35.5. The van der Waals surface area contributed by atoms with Crippen LogP contribution in [0.1, 0.15) is 19.4 Å². The van der Waals surface area contributed by atoms with Crippen LogP contribution in [-0.2, 0) is 11.3 Å². The number of aliphatic carboxylic acids is 1. The van der Waals surface area contributed by atoms with E-state index in [4.69, 9.17) is 26.2 Å². The number of nitrogens with one attached hydrogen (secondary N) is 1. The van der Waals surface area contributed by atoms with Gasteiger partial charge in [-0.1, -0.05) is 11.6 Å². The summed E-state index contributed by atoms with van der Waals surface area (Å²) >= 11 is 6.04. The van der Waals surface area contributed by atoms with Crippen molar-refractivity contribution in [3.05, 3.63) is 22.7 Å². The number of ether oxygens (including phenoxy) is 2. The molecule has 2 rings (SSSR count). The summed E-state index contributed by atoms with van der Waals surface area (Å²) in [6.45, 7) is 3.75. The fourth-order valence-corrected chi connectivity index (χ4v) is 1.81. The molecule has 0 unspecified atom stereocenters. The zero-order chi connectivity index (χ0) is 13.3. The quantitative estimate of drug-likeness (QED) is 0.877. The second-order valence-corrected chi connectivity index (χ2v) is 5.00. The van der Waals surface area contributed by atoms with Gasteiger partial charge < -0.3 is 14.6 Å². The maximum atomic E-state index is 11.0. The van der Waals surface area contributed by atoms with Gasteiger partial charge in [0.1, 0.15) is 5.54 Å². The van der Waals surface area contributed by atoms with E-state index in [9.17, 15) is 4.79 Å². The Morgan fingerprint density at radius 3 is 2.89 bits per heavy atom. The SMILES string of the molecule is CC(C)(NCc1cc(Cl)c2c(c1)OCO2)C(=O)O. The second kappa shape index (κ2) is 4.66. The van der Waals surface area contributed by atoms with Crippen LogP contribution in [0.3, 0.4) is 0 Å². The van der Waals surface area contributed by atoms with Gasteiger partial charge in [-0.3, -0.25) is 10.1 Å². The molecule has 0 aromatic heterocycles. The minimum Gasteiger partial charge on any atom is -0.480 e. The summed E-state index contributed by atoms with van der Waals surface area (Å²) < 4.78 is 10.4. The molecule has 2 N–H and O–H groups in total. The fourth-order valence-electron chi connectivity index (χ4n) is 1.52. The van der Waals surface area contributed by atoms with Crippen LogP contribution >= 0.6 is 11.6 Å². The zero-order valence-electron chi connectivity index (χ0n) is 10.1. The maximum absolute atomic E-state index is 11.0. The van der Waals surface area contributed by atoms with E-state index in [1.54, 1.807) is 26.0 Å². The van der Waals surface area contributed by atoms with Gasteiger partial charge in [0.2, 0.25) is 6.79 Å². The lowest BCUT2D eigenvalue weighted by molar-refractivity contribution is -0.143. The predicted molar refractivity (Wildman–Crippen MR) is 66.1 cm³/mol. The van der Waals surface area contributed by atoms with E-state index in [0.717, 1.165) is 5.56 Å². The Morgan fingerprint density at radius 1 is 1.50 bits per heavy atom. The molecule has 1 heterocycles. The van der Waals surface area contributed by atoms with Gasteiger partial charge in [-0.2, -0.15) is 0 Å². The molecule has 18 heavy (non-hydrogen) atoms. The highest BCUT2D eigenvalue weighted by Gasteiger charge is 2.26. The average molecular weight is 272 g/mol. The summed E-state index contributed by atoms with van der Waals surface area (Å²) in [6, 6.07) is 3.53. The predicted octanol–water partition coefficient (Wildman–Crippen LogP) is 2.02. The van der Waals surface area contributed by atoms with E-state index < -0.39 is 11.5 Å². The van der Waals surface area contributed by atoms with Crippen molar-refractivity contribution in [3.8, 4) is 11.5 Å². The summed E-state index contributed by atoms with van der Waals surface area (Å²) in [5.41, 5.74) is -0.151. The molecule has 0 fully saturated rings. The molecule has 1 aromatic rings. The Morgan fingerprint density at radius 2 is 2.22 bits per heavy atom. The number of carbonyl (C=O) groups is 1. The molecule has 0 aliphatic carbocycles. The molecule has 1 aliphatic rings. The molecular formula is C12H14ClNO4. The van der Waals surface area contributed by atoms with Crippen molar-refractivity contribution in [2.24, 2.45) is 0 Å². The van der Waals surface area contributed by atoms with Crippen LogP contribution in [-0.4, -0.2) is 23.4 Å². The van der Waals surface area contributed by atoms with Crippen LogP contribution in [0.2, 0.25) is 5.02 Å². The molecule has 6 heteroatoms. The van der Waals surface area contributed by atoms with E-state index in [2.05, 4.69) is 5.32 Å². The topological polar surface area (TPSA) is 67.8 Å². The third-order valence-electron chi connectivity index (χ3n) is 2.76. The molecule has 0 bridgehead atoms. The highest BCUT2D eigenvalue weighted by molar-refractivity contribution is 6.32. The first-order chi connectivity index (χ1) is 8.40. The number of carboxylic acid groups (broad SMARTS) is 1. The third kappa shape index (κ3) is 2.52.